The molecule has 33 heavy (non-hydrogen) atoms. The Kier molecular flexibility index (Phi) is 13.1. The number of nitrogen functional groups attached to an aromatic ring is 1. The second-order valence-corrected chi connectivity index (χ2v) is 8.77. The molecule has 1 aromatic carbocycles. The molecule has 0 aliphatic carbocycles. The number of rotatable bonds is 18. The van der Waals surface area contributed by atoms with Gasteiger partial charge in [-0.2, -0.15) is 5.10 Å². The minimum absolute atomic E-state index is 0.377. The Bertz CT molecular complexity index is 816. The molecule has 0 atom stereocenters. The van der Waals surface area contributed by atoms with E-state index in [-0.39, 0.29) is 0 Å². The van der Waals surface area contributed by atoms with Crippen LogP contribution in [0.1, 0.15) is 102 Å². The summed E-state index contributed by atoms with van der Waals surface area (Å²) in [4.78, 5) is 4.18. The normalized spacial score (nSPS) is 11.4. The number of hydrogen-bond donors (Lipinski definition) is 1. The lowest BCUT2D eigenvalue weighted by molar-refractivity contribution is 0.258. The number of hydrogen-bond acceptors (Lipinski definition) is 5. The molecule has 2 N–H and O–H groups in total. The van der Waals surface area contributed by atoms with E-state index < -0.39 is 0 Å². The van der Waals surface area contributed by atoms with Crippen LogP contribution >= 0.6 is 0 Å². The van der Waals surface area contributed by atoms with Crippen LogP contribution in [0.2, 0.25) is 0 Å². The monoisotopic (exact) mass is 456 g/mol. The molecular formula is C27H44N4O2. The predicted molar refractivity (Wildman–Crippen MR) is 139 cm³/mol. The first-order chi connectivity index (χ1) is 16.1. The van der Waals surface area contributed by atoms with Crippen molar-refractivity contribution in [3.05, 3.63) is 35.7 Å². The summed E-state index contributed by atoms with van der Waals surface area (Å²) in [6, 6.07) is 5.98. The van der Waals surface area contributed by atoms with Crippen LogP contribution in [0, 0.1) is 6.92 Å². The molecule has 0 radical (unpaired) electrons. The summed E-state index contributed by atoms with van der Waals surface area (Å²) in [5, 5.41) is 4.42. The number of nitrogens with two attached hydrogens (primary N) is 1. The first-order valence-electron chi connectivity index (χ1n) is 12.9. The minimum atomic E-state index is 0.377. The summed E-state index contributed by atoms with van der Waals surface area (Å²) < 4.78 is 13.8. The van der Waals surface area contributed by atoms with E-state index >= 15 is 0 Å². The third-order valence-electron chi connectivity index (χ3n) is 5.64. The molecule has 2 aromatic rings. The summed E-state index contributed by atoms with van der Waals surface area (Å²) in [7, 11) is 0. The molecule has 0 amide bonds. The fraction of sp³-hybridized carbons (Fsp3) is 0.630. The van der Waals surface area contributed by atoms with Gasteiger partial charge < -0.3 is 15.2 Å². The van der Waals surface area contributed by atoms with E-state index in [2.05, 4.69) is 23.9 Å². The zero-order valence-electron chi connectivity index (χ0n) is 21.0. The van der Waals surface area contributed by atoms with Crippen molar-refractivity contribution in [1.82, 2.24) is 9.66 Å². The standard InChI is InChI=1S/C27H44N4O2/c1-4-6-8-10-12-14-18-32-25-17-16-24(21-29-31-22-23(3)30-27(31)28)20-26(25)33-19-15-13-11-9-7-5-2/h16-17,20-22H,4-15,18-19H2,1-3H3,(H2,28,30). The number of aromatic nitrogens is 2. The van der Waals surface area contributed by atoms with Crippen molar-refractivity contribution in [1.29, 1.82) is 0 Å². The highest BCUT2D eigenvalue weighted by Crippen LogP contribution is 2.29. The highest BCUT2D eigenvalue weighted by Gasteiger charge is 2.07. The van der Waals surface area contributed by atoms with Gasteiger partial charge in [0.15, 0.2) is 11.5 Å². The van der Waals surface area contributed by atoms with Crippen LogP contribution in [0.4, 0.5) is 5.95 Å². The Hall–Kier alpha value is -2.50. The van der Waals surface area contributed by atoms with Crippen molar-refractivity contribution in [3.63, 3.8) is 0 Å². The van der Waals surface area contributed by atoms with Gasteiger partial charge in [0.25, 0.3) is 0 Å². The van der Waals surface area contributed by atoms with Gasteiger partial charge in [0.2, 0.25) is 5.95 Å². The molecule has 0 saturated heterocycles. The van der Waals surface area contributed by atoms with E-state index in [9.17, 15) is 0 Å². The molecule has 0 saturated carbocycles. The third kappa shape index (κ3) is 10.8. The van der Waals surface area contributed by atoms with E-state index in [1.165, 1.54) is 64.2 Å². The van der Waals surface area contributed by atoms with Crippen LogP contribution in [0.3, 0.4) is 0 Å². The molecule has 6 nitrogen and oxygen atoms in total. The van der Waals surface area contributed by atoms with Gasteiger partial charge in [-0.1, -0.05) is 78.1 Å². The Balaban J connectivity index is 1.93. The van der Waals surface area contributed by atoms with Crippen LogP contribution in [0.5, 0.6) is 11.5 Å². The molecule has 1 aromatic heterocycles. The van der Waals surface area contributed by atoms with Crippen LogP contribution in [0.25, 0.3) is 0 Å². The van der Waals surface area contributed by atoms with Crippen molar-refractivity contribution >= 4 is 12.2 Å². The maximum absolute atomic E-state index is 6.14. The maximum atomic E-state index is 6.14. The molecule has 0 spiro atoms. The lowest BCUT2D eigenvalue weighted by Crippen LogP contribution is -2.04. The van der Waals surface area contributed by atoms with Crippen LogP contribution in [-0.2, 0) is 0 Å². The second kappa shape index (κ2) is 16.2. The molecule has 1 heterocycles. The number of unbranched alkanes of at least 4 members (excludes halogenated alkanes) is 10. The van der Waals surface area contributed by atoms with Gasteiger partial charge in [-0.3, -0.25) is 0 Å². The summed E-state index contributed by atoms with van der Waals surface area (Å²) in [5.41, 5.74) is 7.66. The SMILES string of the molecule is CCCCCCCCOc1ccc(C=Nn2cc(C)nc2N)cc1OCCCCCCCC. The fourth-order valence-corrected chi connectivity index (χ4v) is 3.69. The Morgan fingerprint density at radius 2 is 1.42 bits per heavy atom. The highest BCUT2D eigenvalue weighted by molar-refractivity contribution is 5.81. The van der Waals surface area contributed by atoms with Gasteiger partial charge in [0, 0.05) is 0 Å². The van der Waals surface area contributed by atoms with Crippen molar-refractivity contribution in [2.75, 3.05) is 18.9 Å². The van der Waals surface area contributed by atoms with Gasteiger partial charge in [-0.15, -0.1) is 0 Å². The molecule has 6 heteroatoms. The summed E-state index contributed by atoms with van der Waals surface area (Å²) in [6.07, 6.45) is 18.5. The topological polar surface area (TPSA) is 74.7 Å². The zero-order valence-corrected chi connectivity index (χ0v) is 21.0. The smallest absolute Gasteiger partial charge is 0.221 e. The largest absolute Gasteiger partial charge is 0.490 e. The van der Waals surface area contributed by atoms with E-state index in [1.807, 2.05) is 25.1 Å². The number of aryl methyl sites for hydroxylation is 1. The van der Waals surface area contributed by atoms with Crippen molar-refractivity contribution in [2.45, 2.75) is 97.8 Å². The van der Waals surface area contributed by atoms with Gasteiger partial charge in [0.1, 0.15) is 0 Å². The molecule has 2 rings (SSSR count). The fourth-order valence-electron chi connectivity index (χ4n) is 3.69. The maximum Gasteiger partial charge on any atom is 0.221 e. The number of ether oxygens (including phenoxy) is 2. The second-order valence-electron chi connectivity index (χ2n) is 8.77. The average molecular weight is 457 g/mol. The first-order valence-corrected chi connectivity index (χ1v) is 12.9. The Labute approximate surface area is 200 Å². The quantitative estimate of drug-likeness (QED) is 0.191. The molecule has 184 valence electrons. The first kappa shape index (κ1) is 26.7. The molecule has 0 aliphatic rings. The van der Waals surface area contributed by atoms with E-state index in [4.69, 9.17) is 15.2 Å². The van der Waals surface area contributed by atoms with Crippen LogP contribution in [-0.4, -0.2) is 29.1 Å². The third-order valence-corrected chi connectivity index (χ3v) is 5.64. The molecular weight excluding hydrogens is 412 g/mol. The van der Waals surface area contributed by atoms with E-state index in [0.29, 0.717) is 12.6 Å². The average Bonchev–Trinajstić information content (AvgIpc) is 3.14. The number of benzene rings is 1. The van der Waals surface area contributed by atoms with E-state index in [1.54, 1.807) is 17.1 Å². The lowest BCUT2D eigenvalue weighted by atomic mass is 10.1. The van der Waals surface area contributed by atoms with Gasteiger partial charge in [0.05, 0.1) is 31.3 Å². The van der Waals surface area contributed by atoms with Crippen molar-refractivity contribution < 1.29 is 9.47 Å². The minimum Gasteiger partial charge on any atom is -0.490 e. The number of nitrogens with zero attached hydrogens (tertiary/aromatic N) is 3. The highest BCUT2D eigenvalue weighted by atomic mass is 16.5. The predicted octanol–water partition coefficient (Wildman–Crippen LogP) is 7.13. The van der Waals surface area contributed by atoms with Crippen LogP contribution in [0.15, 0.2) is 29.5 Å². The molecule has 0 aliphatic heterocycles. The molecule has 0 bridgehead atoms. The molecule has 0 unspecified atom stereocenters. The van der Waals surface area contributed by atoms with Crippen LogP contribution < -0.4 is 15.2 Å². The van der Waals surface area contributed by atoms with Gasteiger partial charge in [-0.25, -0.2) is 9.66 Å². The Morgan fingerprint density at radius 1 is 0.848 bits per heavy atom. The number of imidazole rings is 1. The van der Waals surface area contributed by atoms with E-state index in [0.717, 1.165) is 42.2 Å². The lowest BCUT2D eigenvalue weighted by Gasteiger charge is -2.14. The van der Waals surface area contributed by atoms with Crippen molar-refractivity contribution in [3.8, 4) is 11.5 Å². The summed E-state index contributed by atoms with van der Waals surface area (Å²) in [5.74, 6) is 1.97. The molecule has 0 fully saturated rings. The number of anilines is 1. The summed E-state index contributed by atoms with van der Waals surface area (Å²) in [6.45, 7) is 7.81. The summed E-state index contributed by atoms with van der Waals surface area (Å²) >= 11 is 0. The van der Waals surface area contributed by atoms with Gasteiger partial charge >= 0.3 is 0 Å². The van der Waals surface area contributed by atoms with Gasteiger partial charge in [-0.05, 0) is 43.5 Å². The zero-order chi connectivity index (χ0) is 23.7. The Morgan fingerprint density at radius 3 is 2.00 bits per heavy atom. The van der Waals surface area contributed by atoms with Crippen molar-refractivity contribution in [2.24, 2.45) is 5.10 Å².